The maximum Gasteiger partial charge on any atom is 0.0741 e. The summed E-state index contributed by atoms with van der Waals surface area (Å²) >= 11 is 0. The SMILES string of the molecule is CC(C)C1CCC(CN)(C2(O)CCCCC2C)CC1. The van der Waals surface area contributed by atoms with Gasteiger partial charge in [-0.15, -0.1) is 0 Å². The molecule has 0 aromatic rings. The summed E-state index contributed by atoms with van der Waals surface area (Å²) in [7, 11) is 0. The molecule has 0 bridgehead atoms. The Morgan fingerprint density at radius 3 is 2.21 bits per heavy atom. The van der Waals surface area contributed by atoms with Crippen molar-refractivity contribution in [2.75, 3.05) is 6.54 Å². The van der Waals surface area contributed by atoms with Crippen LogP contribution in [0.15, 0.2) is 0 Å². The molecule has 2 rings (SSSR count). The Bertz CT molecular complexity index is 294. The number of rotatable bonds is 3. The highest BCUT2D eigenvalue weighted by atomic mass is 16.3. The van der Waals surface area contributed by atoms with E-state index >= 15 is 0 Å². The fourth-order valence-corrected chi connectivity index (χ4v) is 4.79. The van der Waals surface area contributed by atoms with Crippen molar-refractivity contribution in [2.45, 2.75) is 77.7 Å². The minimum absolute atomic E-state index is 0.00176. The molecule has 0 amide bonds. The predicted molar refractivity (Wildman–Crippen MR) is 80.9 cm³/mol. The van der Waals surface area contributed by atoms with Gasteiger partial charge in [0.05, 0.1) is 5.60 Å². The van der Waals surface area contributed by atoms with E-state index in [1.165, 1.54) is 32.1 Å². The monoisotopic (exact) mass is 267 g/mol. The van der Waals surface area contributed by atoms with Gasteiger partial charge in [0.1, 0.15) is 0 Å². The second-order valence-corrected chi connectivity index (χ2v) is 7.64. The zero-order chi connectivity index (χ0) is 14.1. The highest BCUT2D eigenvalue weighted by Gasteiger charge is 2.54. The van der Waals surface area contributed by atoms with E-state index in [1.54, 1.807) is 0 Å². The summed E-state index contributed by atoms with van der Waals surface area (Å²) < 4.78 is 0. The molecular weight excluding hydrogens is 234 g/mol. The molecule has 0 aromatic heterocycles. The quantitative estimate of drug-likeness (QED) is 0.818. The van der Waals surface area contributed by atoms with Crippen LogP contribution in [-0.4, -0.2) is 17.3 Å². The van der Waals surface area contributed by atoms with Crippen molar-refractivity contribution < 1.29 is 5.11 Å². The number of nitrogens with two attached hydrogens (primary N) is 1. The van der Waals surface area contributed by atoms with Crippen LogP contribution in [0.3, 0.4) is 0 Å². The molecule has 0 aromatic carbocycles. The highest BCUT2D eigenvalue weighted by molar-refractivity contribution is 5.05. The third-order valence-corrected chi connectivity index (χ3v) is 6.50. The van der Waals surface area contributed by atoms with Gasteiger partial charge in [0.2, 0.25) is 0 Å². The maximum absolute atomic E-state index is 11.4. The zero-order valence-electron chi connectivity index (χ0n) is 13.1. The van der Waals surface area contributed by atoms with Gasteiger partial charge in [0, 0.05) is 12.0 Å². The van der Waals surface area contributed by atoms with Gasteiger partial charge in [-0.05, 0) is 56.3 Å². The molecule has 0 heterocycles. The number of hydrogen-bond acceptors (Lipinski definition) is 2. The summed E-state index contributed by atoms with van der Waals surface area (Å²) in [5, 5.41) is 11.4. The molecule has 2 heteroatoms. The van der Waals surface area contributed by atoms with Gasteiger partial charge in [-0.25, -0.2) is 0 Å². The van der Waals surface area contributed by atoms with E-state index in [9.17, 15) is 5.11 Å². The largest absolute Gasteiger partial charge is 0.389 e. The fraction of sp³-hybridized carbons (Fsp3) is 1.00. The van der Waals surface area contributed by atoms with Gasteiger partial charge in [0.15, 0.2) is 0 Å². The Balaban J connectivity index is 2.15. The van der Waals surface area contributed by atoms with Crippen molar-refractivity contribution in [2.24, 2.45) is 28.9 Å². The third kappa shape index (κ3) is 2.58. The molecular formula is C17H33NO. The average Bonchev–Trinajstić information content (AvgIpc) is 2.42. The lowest BCUT2D eigenvalue weighted by Crippen LogP contribution is -2.59. The van der Waals surface area contributed by atoms with Crippen LogP contribution in [0.25, 0.3) is 0 Å². The van der Waals surface area contributed by atoms with Crippen LogP contribution in [0, 0.1) is 23.2 Å². The van der Waals surface area contributed by atoms with Crippen LogP contribution >= 0.6 is 0 Å². The molecule has 2 aliphatic carbocycles. The van der Waals surface area contributed by atoms with Crippen LogP contribution in [0.5, 0.6) is 0 Å². The molecule has 2 nitrogen and oxygen atoms in total. The smallest absolute Gasteiger partial charge is 0.0741 e. The van der Waals surface area contributed by atoms with Crippen molar-refractivity contribution in [3.05, 3.63) is 0 Å². The molecule has 0 aliphatic heterocycles. The molecule has 112 valence electrons. The Labute approximate surface area is 119 Å². The van der Waals surface area contributed by atoms with Crippen LogP contribution < -0.4 is 5.73 Å². The van der Waals surface area contributed by atoms with Crippen LogP contribution in [0.1, 0.15) is 72.1 Å². The normalized spacial score (nSPS) is 44.5. The number of hydrogen-bond donors (Lipinski definition) is 2. The second-order valence-electron chi connectivity index (χ2n) is 7.64. The first-order valence-corrected chi connectivity index (χ1v) is 8.37. The van der Waals surface area contributed by atoms with Gasteiger partial charge in [-0.3, -0.25) is 0 Å². The minimum Gasteiger partial charge on any atom is -0.389 e. The molecule has 2 saturated carbocycles. The summed E-state index contributed by atoms with van der Waals surface area (Å²) in [4.78, 5) is 0. The standard InChI is InChI=1S/C17H33NO/c1-13(2)15-7-10-16(12-18,11-8-15)17(19)9-5-4-6-14(17)3/h13-15,19H,4-12,18H2,1-3H3. The first-order chi connectivity index (χ1) is 8.95. The zero-order valence-corrected chi connectivity index (χ0v) is 13.1. The molecule has 19 heavy (non-hydrogen) atoms. The van der Waals surface area contributed by atoms with Gasteiger partial charge < -0.3 is 10.8 Å². The lowest BCUT2D eigenvalue weighted by molar-refractivity contribution is -0.158. The van der Waals surface area contributed by atoms with Crippen LogP contribution in [-0.2, 0) is 0 Å². The van der Waals surface area contributed by atoms with E-state index in [0.717, 1.165) is 31.1 Å². The van der Waals surface area contributed by atoms with Crippen molar-refractivity contribution in [1.82, 2.24) is 0 Å². The summed E-state index contributed by atoms with van der Waals surface area (Å²) in [6, 6.07) is 0. The van der Waals surface area contributed by atoms with E-state index in [2.05, 4.69) is 20.8 Å². The summed E-state index contributed by atoms with van der Waals surface area (Å²) in [6.45, 7) is 7.57. The number of aliphatic hydroxyl groups is 1. The highest BCUT2D eigenvalue weighted by Crippen LogP contribution is 2.54. The molecule has 2 unspecified atom stereocenters. The minimum atomic E-state index is -0.498. The molecule has 2 fully saturated rings. The van der Waals surface area contributed by atoms with Gasteiger partial charge in [0.25, 0.3) is 0 Å². The Morgan fingerprint density at radius 2 is 1.74 bits per heavy atom. The Morgan fingerprint density at radius 1 is 1.11 bits per heavy atom. The van der Waals surface area contributed by atoms with Crippen LogP contribution in [0.2, 0.25) is 0 Å². The van der Waals surface area contributed by atoms with Crippen LogP contribution in [0.4, 0.5) is 0 Å². The summed E-state index contributed by atoms with van der Waals surface area (Å²) in [5.74, 6) is 2.02. The van der Waals surface area contributed by atoms with Crippen molar-refractivity contribution in [1.29, 1.82) is 0 Å². The van der Waals surface area contributed by atoms with Gasteiger partial charge in [-0.1, -0.05) is 33.6 Å². The fourth-order valence-electron chi connectivity index (χ4n) is 4.79. The Kier molecular flexibility index (Phi) is 4.62. The van der Waals surface area contributed by atoms with E-state index < -0.39 is 5.60 Å². The van der Waals surface area contributed by atoms with Gasteiger partial charge in [-0.2, -0.15) is 0 Å². The molecule has 2 atom stereocenters. The van der Waals surface area contributed by atoms with E-state index in [-0.39, 0.29) is 5.41 Å². The second kappa shape index (κ2) is 5.73. The molecule has 2 aliphatic rings. The molecule has 0 radical (unpaired) electrons. The van der Waals surface area contributed by atoms with Crippen molar-refractivity contribution >= 4 is 0 Å². The van der Waals surface area contributed by atoms with E-state index in [1.807, 2.05) is 0 Å². The molecule has 0 spiro atoms. The molecule has 0 saturated heterocycles. The lowest BCUT2D eigenvalue weighted by atomic mass is 9.54. The van der Waals surface area contributed by atoms with Crippen molar-refractivity contribution in [3.63, 3.8) is 0 Å². The third-order valence-electron chi connectivity index (χ3n) is 6.50. The first-order valence-electron chi connectivity index (χ1n) is 8.37. The van der Waals surface area contributed by atoms with E-state index in [4.69, 9.17) is 5.73 Å². The predicted octanol–water partition coefficient (Wildman–Crippen LogP) is 3.72. The van der Waals surface area contributed by atoms with E-state index in [0.29, 0.717) is 12.5 Å². The van der Waals surface area contributed by atoms with Gasteiger partial charge >= 0.3 is 0 Å². The topological polar surface area (TPSA) is 46.2 Å². The molecule has 3 N–H and O–H groups in total. The summed E-state index contributed by atoms with van der Waals surface area (Å²) in [6.07, 6.45) is 9.37. The van der Waals surface area contributed by atoms with Crippen molar-refractivity contribution in [3.8, 4) is 0 Å². The average molecular weight is 267 g/mol. The Hall–Kier alpha value is -0.0800. The summed E-state index contributed by atoms with van der Waals surface area (Å²) in [5.41, 5.74) is 5.68. The first kappa shape index (κ1) is 15.3. The lowest BCUT2D eigenvalue weighted by Gasteiger charge is -2.55. The maximum atomic E-state index is 11.4.